The van der Waals surface area contributed by atoms with Crippen molar-refractivity contribution in [3.8, 4) is 0 Å². The first-order valence-electron chi connectivity index (χ1n) is 6.13. The summed E-state index contributed by atoms with van der Waals surface area (Å²) in [6.07, 6.45) is -5.46. The number of carbonyl (C=O) groups is 3. The number of ether oxygens (including phenoxy) is 4. The third-order valence-electron chi connectivity index (χ3n) is 2.61. The maximum absolute atomic E-state index is 14.5. The van der Waals surface area contributed by atoms with Gasteiger partial charge in [-0.05, 0) is 0 Å². The van der Waals surface area contributed by atoms with Gasteiger partial charge in [0.05, 0.1) is 0 Å². The topological polar surface area (TPSA) is 88.1 Å². The number of rotatable bonds is 4. The molecule has 7 nitrogen and oxygen atoms in total. The molecule has 0 amide bonds. The summed E-state index contributed by atoms with van der Waals surface area (Å²) in [5, 5.41) is -0.955. The number of hydrogen-bond donors (Lipinski definition) is 0. The monoisotopic (exact) mass is 370 g/mol. The molecule has 9 heteroatoms. The molecule has 0 bridgehead atoms. The predicted octanol–water partition coefficient (Wildman–Crippen LogP) is 0.871. The third kappa shape index (κ3) is 5.24. The lowest BCUT2D eigenvalue weighted by Crippen LogP contribution is -2.58. The molecular formula is C12H16BrFO7. The van der Waals surface area contributed by atoms with E-state index in [2.05, 4.69) is 15.9 Å². The Morgan fingerprint density at radius 1 is 1.05 bits per heavy atom. The Hall–Kier alpha value is -1.22. The molecule has 120 valence electrons. The lowest BCUT2D eigenvalue weighted by atomic mass is 10.0. The van der Waals surface area contributed by atoms with Crippen molar-refractivity contribution in [1.82, 2.24) is 0 Å². The molecule has 1 rings (SSSR count). The fraction of sp³-hybridized carbons (Fsp3) is 0.750. The van der Waals surface area contributed by atoms with Crippen LogP contribution in [0.25, 0.3) is 0 Å². The lowest BCUT2D eigenvalue weighted by molar-refractivity contribution is -0.215. The van der Waals surface area contributed by atoms with Crippen molar-refractivity contribution in [3.05, 3.63) is 0 Å². The van der Waals surface area contributed by atoms with Crippen LogP contribution in [0.1, 0.15) is 20.8 Å². The Morgan fingerprint density at radius 2 is 1.57 bits per heavy atom. The minimum Gasteiger partial charge on any atom is -0.463 e. The molecule has 0 aromatic carbocycles. The molecule has 1 saturated heterocycles. The van der Waals surface area contributed by atoms with E-state index in [9.17, 15) is 18.8 Å². The normalized spacial score (nSPS) is 32.1. The van der Waals surface area contributed by atoms with Gasteiger partial charge in [0.25, 0.3) is 0 Å². The zero-order valence-electron chi connectivity index (χ0n) is 11.7. The van der Waals surface area contributed by atoms with Crippen LogP contribution in [0.3, 0.4) is 0 Å². The average Bonchev–Trinajstić information content (AvgIpc) is 2.35. The Balaban J connectivity index is 2.86. The SMILES string of the molecule is CC(=O)OC[C@H]1O[C@H](Br)[C@H](OC(C)=O)[C@@H](F)[C@@H]1OC(C)=O. The number of hydrogen-bond acceptors (Lipinski definition) is 7. The van der Waals surface area contributed by atoms with Gasteiger partial charge in [0.1, 0.15) is 12.7 Å². The molecule has 0 unspecified atom stereocenters. The highest BCUT2D eigenvalue weighted by Gasteiger charge is 2.49. The molecule has 0 aromatic rings. The predicted molar refractivity (Wildman–Crippen MR) is 70.2 cm³/mol. The maximum atomic E-state index is 14.5. The molecule has 0 aromatic heterocycles. The van der Waals surface area contributed by atoms with Crippen LogP contribution < -0.4 is 0 Å². The summed E-state index contributed by atoms with van der Waals surface area (Å²) in [6, 6.07) is 0. The fourth-order valence-electron chi connectivity index (χ4n) is 1.83. The maximum Gasteiger partial charge on any atom is 0.303 e. The average molecular weight is 371 g/mol. The molecule has 1 aliphatic heterocycles. The minimum atomic E-state index is -1.82. The highest BCUT2D eigenvalue weighted by molar-refractivity contribution is 9.09. The molecular weight excluding hydrogens is 355 g/mol. The van der Waals surface area contributed by atoms with Crippen molar-refractivity contribution in [2.24, 2.45) is 0 Å². The number of alkyl halides is 2. The number of carbonyl (C=O) groups excluding carboxylic acids is 3. The van der Waals surface area contributed by atoms with E-state index in [1.807, 2.05) is 0 Å². The van der Waals surface area contributed by atoms with Crippen molar-refractivity contribution in [1.29, 1.82) is 0 Å². The summed E-state index contributed by atoms with van der Waals surface area (Å²) in [5.41, 5.74) is 0. The molecule has 0 spiro atoms. The van der Waals surface area contributed by atoms with Gasteiger partial charge in [0, 0.05) is 20.8 Å². The summed E-state index contributed by atoms with van der Waals surface area (Å²) < 4.78 is 34.3. The van der Waals surface area contributed by atoms with E-state index in [0.29, 0.717) is 0 Å². The van der Waals surface area contributed by atoms with Gasteiger partial charge in [-0.25, -0.2) is 4.39 Å². The fourth-order valence-corrected chi connectivity index (χ4v) is 2.51. The zero-order valence-corrected chi connectivity index (χ0v) is 13.3. The van der Waals surface area contributed by atoms with Crippen molar-refractivity contribution >= 4 is 33.8 Å². The van der Waals surface area contributed by atoms with Gasteiger partial charge in [0.2, 0.25) is 0 Å². The molecule has 0 aliphatic carbocycles. The van der Waals surface area contributed by atoms with Crippen molar-refractivity contribution < 1.29 is 37.7 Å². The molecule has 0 radical (unpaired) electrons. The molecule has 1 aliphatic rings. The van der Waals surface area contributed by atoms with E-state index in [1.54, 1.807) is 0 Å². The van der Waals surface area contributed by atoms with Crippen LogP contribution in [-0.2, 0) is 33.3 Å². The second-order valence-electron chi connectivity index (χ2n) is 4.42. The van der Waals surface area contributed by atoms with E-state index in [1.165, 1.54) is 6.92 Å². The van der Waals surface area contributed by atoms with Gasteiger partial charge in [-0.1, -0.05) is 15.9 Å². The Morgan fingerprint density at radius 3 is 2.05 bits per heavy atom. The van der Waals surface area contributed by atoms with E-state index < -0.39 is 47.4 Å². The first-order valence-corrected chi connectivity index (χ1v) is 7.05. The Bertz CT molecular complexity index is 414. The summed E-state index contributed by atoms with van der Waals surface area (Å²) in [6.45, 7) is 3.13. The van der Waals surface area contributed by atoms with E-state index in [4.69, 9.17) is 18.9 Å². The van der Waals surface area contributed by atoms with Crippen LogP contribution in [0.2, 0.25) is 0 Å². The van der Waals surface area contributed by atoms with Gasteiger partial charge < -0.3 is 18.9 Å². The first kappa shape index (κ1) is 17.8. The van der Waals surface area contributed by atoms with Crippen LogP contribution >= 0.6 is 15.9 Å². The van der Waals surface area contributed by atoms with E-state index >= 15 is 0 Å². The van der Waals surface area contributed by atoms with Crippen LogP contribution in [0.4, 0.5) is 4.39 Å². The van der Waals surface area contributed by atoms with Crippen LogP contribution in [-0.4, -0.2) is 54.0 Å². The Labute approximate surface area is 129 Å². The molecule has 21 heavy (non-hydrogen) atoms. The number of halogens is 2. The standard InChI is InChI=1S/C12H16BrFO7/c1-5(15)18-4-8-10(19-6(2)16)9(14)11(12(13)21-8)20-7(3)17/h8-12H,4H2,1-3H3/t8-,9+,10-,11-,12+/m1/s1. The summed E-state index contributed by atoms with van der Waals surface area (Å²) in [7, 11) is 0. The summed E-state index contributed by atoms with van der Waals surface area (Å²) in [5.74, 6) is -2.01. The van der Waals surface area contributed by atoms with Crippen molar-refractivity contribution in [2.45, 2.75) is 50.3 Å². The van der Waals surface area contributed by atoms with Crippen LogP contribution in [0, 0.1) is 0 Å². The van der Waals surface area contributed by atoms with Gasteiger partial charge in [-0.15, -0.1) is 0 Å². The Kier molecular flexibility index (Phi) is 6.53. The van der Waals surface area contributed by atoms with Crippen LogP contribution in [0.5, 0.6) is 0 Å². The zero-order chi connectivity index (χ0) is 16.2. The van der Waals surface area contributed by atoms with Crippen molar-refractivity contribution in [3.63, 3.8) is 0 Å². The molecule has 1 fully saturated rings. The van der Waals surface area contributed by atoms with E-state index in [-0.39, 0.29) is 6.61 Å². The molecule has 1 heterocycles. The molecule has 5 atom stereocenters. The molecule has 0 saturated carbocycles. The largest absolute Gasteiger partial charge is 0.463 e. The van der Waals surface area contributed by atoms with Gasteiger partial charge in [-0.3, -0.25) is 14.4 Å². The minimum absolute atomic E-state index is 0.289. The van der Waals surface area contributed by atoms with Crippen molar-refractivity contribution in [2.75, 3.05) is 6.61 Å². The summed E-state index contributed by atoms with van der Waals surface area (Å²) in [4.78, 5) is 32.9. The molecule has 0 N–H and O–H groups in total. The van der Waals surface area contributed by atoms with Gasteiger partial charge in [0.15, 0.2) is 23.4 Å². The quantitative estimate of drug-likeness (QED) is 0.412. The second-order valence-corrected chi connectivity index (χ2v) is 5.32. The highest BCUT2D eigenvalue weighted by atomic mass is 79.9. The smallest absolute Gasteiger partial charge is 0.303 e. The first-order chi connectivity index (χ1) is 9.72. The lowest BCUT2D eigenvalue weighted by Gasteiger charge is -2.40. The van der Waals surface area contributed by atoms with Crippen LogP contribution in [0.15, 0.2) is 0 Å². The number of esters is 3. The highest BCUT2D eigenvalue weighted by Crippen LogP contribution is 2.31. The summed E-state index contributed by atoms with van der Waals surface area (Å²) >= 11 is 3.04. The van der Waals surface area contributed by atoms with Gasteiger partial charge in [-0.2, -0.15) is 0 Å². The van der Waals surface area contributed by atoms with E-state index in [0.717, 1.165) is 13.8 Å². The third-order valence-corrected chi connectivity index (χ3v) is 3.35. The second kappa shape index (κ2) is 7.69. The van der Waals surface area contributed by atoms with Gasteiger partial charge >= 0.3 is 17.9 Å².